The van der Waals surface area contributed by atoms with Crippen LogP contribution in [-0.4, -0.2) is 29.7 Å². The Morgan fingerprint density at radius 2 is 2.00 bits per heavy atom. The normalized spacial score (nSPS) is 28.9. The molecule has 0 saturated carbocycles. The summed E-state index contributed by atoms with van der Waals surface area (Å²) in [6.45, 7) is 3.32. The summed E-state index contributed by atoms with van der Waals surface area (Å²) >= 11 is 1.84. The molecule has 2 atom stereocenters. The van der Waals surface area contributed by atoms with E-state index in [0.29, 0.717) is 6.04 Å². The van der Waals surface area contributed by atoms with Crippen molar-refractivity contribution in [1.29, 1.82) is 0 Å². The lowest BCUT2D eigenvalue weighted by molar-refractivity contribution is 0.349. The molecule has 0 amide bonds. The maximum absolute atomic E-state index is 4.85. The van der Waals surface area contributed by atoms with Gasteiger partial charge in [-0.05, 0) is 44.7 Å². The number of nitrogens with zero attached hydrogens (tertiary/aromatic N) is 2. The van der Waals surface area contributed by atoms with Crippen LogP contribution in [0.5, 0.6) is 0 Å². The molecule has 20 heavy (non-hydrogen) atoms. The molecule has 1 aromatic carbocycles. The monoisotopic (exact) mass is 287 g/mol. The first-order chi connectivity index (χ1) is 9.83. The Labute approximate surface area is 124 Å². The fraction of sp³-hybridized carbons (Fsp3) is 0.562. The van der Waals surface area contributed by atoms with Crippen LogP contribution in [0.15, 0.2) is 24.3 Å². The smallest absolute Gasteiger partial charge is 0.186 e. The minimum atomic E-state index is 0.666. The van der Waals surface area contributed by atoms with Gasteiger partial charge in [0, 0.05) is 24.7 Å². The molecule has 1 aromatic heterocycles. The van der Waals surface area contributed by atoms with Crippen LogP contribution in [0.4, 0.5) is 5.13 Å². The van der Waals surface area contributed by atoms with E-state index in [4.69, 9.17) is 4.98 Å². The number of nitrogens with one attached hydrogen (secondary N) is 1. The molecule has 2 saturated heterocycles. The van der Waals surface area contributed by atoms with Gasteiger partial charge >= 0.3 is 0 Å². The van der Waals surface area contributed by atoms with Crippen molar-refractivity contribution in [3.63, 3.8) is 0 Å². The van der Waals surface area contributed by atoms with Gasteiger partial charge in [-0.2, -0.15) is 0 Å². The van der Waals surface area contributed by atoms with Crippen LogP contribution in [0.2, 0.25) is 0 Å². The van der Waals surface area contributed by atoms with Crippen LogP contribution in [0, 0.1) is 0 Å². The minimum Gasteiger partial charge on any atom is -0.345 e. The van der Waals surface area contributed by atoms with Gasteiger partial charge in [-0.1, -0.05) is 23.5 Å². The quantitative estimate of drug-likeness (QED) is 0.937. The molecular formula is C16H21N3S. The number of thiazole rings is 1. The Balaban J connectivity index is 1.63. The summed E-state index contributed by atoms with van der Waals surface area (Å²) < 4.78 is 1.30. The molecule has 0 radical (unpaired) electrons. The van der Waals surface area contributed by atoms with Crippen molar-refractivity contribution >= 4 is 26.7 Å². The summed E-state index contributed by atoms with van der Waals surface area (Å²) in [5.74, 6) is 0. The number of rotatable bonds is 3. The Morgan fingerprint density at radius 1 is 1.25 bits per heavy atom. The minimum absolute atomic E-state index is 0.666. The first-order valence-corrected chi connectivity index (χ1v) is 8.53. The molecule has 2 aliphatic heterocycles. The first-order valence-electron chi connectivity index (χ1n) is 7.71. The predicted molar refractivity (Wildman–Crippen MR) is 85.6 cm³/mol. The Kier molecular flexibility index (Phi) is 3.15. The summed E-state index contributed by atoms with van der Waals surface area (Å²) in [4.78, 5) is 7.39. The summed E-state index contributed by atoms with van der Waals surface area (Å²) in [6, 6.07) is 10.6. The van der Waals surface area contributed by atoms with Crippen LogP contribution in [-0.2, 0) is 0 Å². The second-order valence-corrected chi connectivity index (χ2v) is 7.02. The van der Waals surface area contributed by atoms with E-state index in [2.05, 4.69) is 41.4 Å². The van der Waals surface area contributed by atoms with Gasteiger partial charge in [0.05, 0.1) is 10.2 Å². The molecular weight excluding hydrogens is 266 g/mol. The molecule has 0 aliphatic carbocycles. The lowest BCUT2D eigenvalue weighted by Gasteiger charge is -2.37. The van der Waals surface area contributed by atoms with E-state index < -0.39 is 0 Å². The maximum Gasteiger partial charge on any atom is 0.186 e. The Bertz CT molecular complexity index is 564. The number of benzene rings is 1. The maximum atomic E-state index is 4.85. The molecule has 2 aromatic rings. The number of hydrogen-bond acceptors (Lipinski definition) is 4. The lowest BCUT2D eigenvalue weighted by atomic mass is 9.98. The fourth-order valence-electron chi connectivity index (χ4n) is 3.81. The zero-order chi connectivity index (χ0) is 13.5. The van der Waals surface area contributed by atoms with Crippen molar-refractivity contribution in [2.75, 3.05) is 11.4 Å². The molecule has 4 heteroatoms. The average Bonchev–Trinajstić information content (AvgIpc) is 3.03. The summed E-state index contributed by atoms with van der Waals surface area (Å²) in [5.41, 5.74) is 1.14. The van der Waals surface area contributed by atoms with E-state index in [1.807, 2.05) is 11.3 Å². The van der Waals surface area contributed by atoms with Crippen LogP contribution in [0.25, 0.3) is 10.2 Å². The van der Waals surface area contributed by atoms with E-state index in [0.717, 1.165) is 24.1 Å². The Morgan fingerprint density at radius 3 is 2.70 bits per heavy atom. The van der Waals surface area contributed by atoms with Crippen molar-refractivity contribution in [3.8, 4) is 0 Å². The highest BCUT2D eigenvalue weighted by molar-refractivity contribution is 7.22. The van der Waals surface area contributed by atoms with Gasteiger partial charge in [-0.15, -0.1) is 0 Å². The average molecular weight is 287 g/mol. The van der Waals surface area contributed by atoms with E-state index in [9.17, 15) is 0 Å². The highest BCUT2D eigenvalue weighted by Gasteiger charge is 2.36. The topological polar surface area (TPSA) is 28.2 Å². The van der Waals surface area contributed by atoms with Crippen LogP contribution in [0.1, 0.15) is 32.6 Å². The molecule has 106 valence electrons. The Hall–Kier alpha value is -1.13. The van der Waals surface area contributed by atoms with Gasteiger partial charge in [0.1, 0.15) is 0 Å². The largest absolute Gasteiger partial charge is 0.345 e. The third-order valence-corrected chi connectivity index (χ3v) is 5.83. The number of aromatic nitrogens is 1. The molecule has 3 nitrogen and oxygen atoms in total. The van der Waals surface area contributed by atoms with E-state index in [-0.39, 0.29) is 0 Å². The van der Waals surface area contributed by atoms with Crippen molar-refractivity contribution < 1.29 is 0 Å². The van der Waals surface area contributed by atoms with Gasteiger partial charge in [0.25, 0.3) is 0 Å². The third-order valence-electron chi connectivity index (χ3n) is 4.76. The van der Waals surface area contributed by atoms with Gasteiger partial charge in [0.2, 0.25) is 0 Å². The van der Waals surface area contributed by atoms with Gasteiger partial charge in [0.15, 0.2) is 5.13 Å². The molecule has 2 unspecified atom stereocenters. The third kappa shape index (κ3) is 2.11. The number of para-hydroxylation sites is 1. The number of hydrogen-bond donors (Lipinski definition) is 1. The van der Waals surface area contributed by atoms with Crippen LogP contribution >= 0.6 is 11.3 Å². The van der Waals surface area contributed by atoms with Crippen molar-refractivity contribution in [2.45, 2.75) is 50.7 Å². The number of anilines is 1. The van der Waals surface area contributed by atoms with Crippen molar-refractivity contribution in [3.05, 3.63) is 24.3 Å². The summed E-state index contributed by atoms with van der Waals surface area (Å²) in [7, 11) is 0. The van der Waals surface area contributed by atoms with Gasteiger partial charge < -0.3 is 10.2 Å². The second-order valence-electron chi connectivity index (χ2n) is 6.01. The van der Waals surface area contributed by atoms with E-state index >= 15 is 0 Å². The summed E-state index contributed by atoms with van der Waals surface area (Å²) in [5, 5.41) is 4.94. The van der Waals surface area contributed by atoms with Gasteiger partial charge in [-0.25, -0.2) is 4.98 Å². The van der Waals surface area contributed by atoms with Gasteiger partial charge in [-0.3, -0.25) is 0 Å². The van der Waals surface area contributed by atoms with Crippen molar-refractivity contribution in [1.82, 2.24) is 10.3 Å². The van der Waals surface area contributed by atoms with E-state index in [1.165, 1.54) is 35.5 Å². The number of fused-ring (bicyclic) bond motifs is 3. The molecule has 1 N–H and O–H groups in total. The molecule has 2 bridgehead atoms. The predicted octanol–water partition coefficient (Wildman–Crippen LogP) is 3.41. The lowest BCUT2D eigenvalue weighted by Crippen LogP contribution is -2.48. The first kappa shape index (κ1) is 12.6. The van der Waals surface area contributed by atoms with Crippen LogP contribution < -0.4 is 10.2 Å². The van der Waals surface area contributed by atoms with Crippen LogP contribution in [0.3, 0.4) is 0 Å². The highest BCUT2D eigenvalue weighted by atomic mass is 32.1. The summed E-state index contributed by atoms with van der Waals surface area (Å²) in [6.07, 6.45) is 5.28. The van der Waals surface area contributed by atoms with Crippen molar-refractivity contribution in [2.24, 2.45) is 0 Å². The zero-order valence-electron chi connectivity index (χ0n) is 11.9. The second kappa shape index (κ2) is 5.01. The molecule has 2 aliphatic rings. The fourth-order valence-corrected chi connectivity index (χ4v) is 4.92. The molecule has 4 rings (SSSR count). The zero-order valence-corrected chi connectivity index (χ0v) is 12.7. The number of piperidine rings is 1. The molecule has 3 heterocycles. The highest BCUT2D eigenvalue weighted by Crippen LogP contribution is 2.35. The molecule has 2 fully saturated rings. The van der Waals surface area contributed by atoms with E-state index in [1.54, 1.807) is 0 Å². The molecule has 0 spiro atoms. The standard InChI is InChI=1S/C16H21N3S/c1-2-19(13-9-11-7-8-12(10-13)17-11)16-18-14-5-3-4-6-15(14)20-16/h3-6,11-13,17H,2,7-10H2,1H3. The SMILES string of the molecule is CCN(c1nc2ccccc2s1)C1CC2CCC(C1)N2.